The van der Waals surface area contributed by atoms with Crippen molar-refractivity contribution in [3.63, 3.8) is 0 Å². The standard InChI is InChI=1S/C21H22N4O4/c26-18(27)13-5-2-8-14-22-20(28)19(15-9-3-1-4-10-15)25-21(29)16-11-6-7-12-17(16)23-24-25/h1,3-4,6-7,9-12,19H,2,5,8,13-14H2,(H,22,28)(H,26,27). The summed E-state index contributed by atoms with van der Waals surface area (Å²) < 4.78 is 1.11. The van der Waals surface area contributed by atoms with Crippen LogP contribution in [0.1, 0.15) is 37.3 Å². The van der Waals surface area contributed by atoms with Crippen molar-refractivity contribution >= 4 is 22.8 Å². The molecular formula is C21H22N4O4. The molecule has 0 fully saturated rings. The third-order valence-corrected chi connectivity index (χ3v) is 4.57. The van der Waals surface area contributed by atoms with Crippen LogP contribution in [0.5, 0.6) is 0 Å². The SMILES string of the molecule is O=C(O)CCCCCNC(=O)C(c1ccccc1)n1nnc2ccccc2c1=O. The zero-order valence-corrected chi connectivity index (χ0v) is 15.8. The fraction of sp³-hybridized carbons (Fsp3) is 0.286. The number of fused-ring (bicyclic) bond motifs is 1. The summed E-state index contributed by atoms with van der Waals surface area (Å²) >= 11 is 0. The number of hydrogen-bond donors (Lipinski definition) is 2. The van der Waals surface area contributed by atoms with E-state index in [-0.39, 0.29) is 17.9 Å². The summed E-state index contributed by atoms with van der Waals surface area (Å²) in [5.74, 6) is -1.19. The van der Waals surface area contributed by atoms with Crippen LogP contribution in [0.2, 0.25) is 0 Å². The van der Waals surface area contributed by atoms with Gasteiger partial charge in [-0.05, 0) is 30.5 Å². The van der Waals surface area contributed by atoms with E-state index in [0.29, 0.717) is 42.3 Å². The van der Waals surface area contributed by atoms with E-state index in [2.05, 4.69) is 15.6 Å². The number of amides is 1. The fourth-order valence-corrected chi connectivity index (χ4v) is 3.10. The van der Waals surface area contributed by atoms with Gasteiger partial charge in [-0.1, -0.05) is 54.1 Å². The Balaban J connectivity index is 1.81. The van der Waals surface area contributed by atoms with Gasteiger partial charge in [-0.25, -0.2) is 0 Å². The maximum absolute atomic E-state index is 13.0. The zero-order valence-electron chi connectivity index (χ0n) is 15.8. The number of aliphatic carboxylic acids is 1. The number of carboxylic acid groups (broad SMARTS) is 1. The molecule has 0 aliphatic carbocycles. The highest BCUT2D eigenvalue weighted by Gasteiger charge is 2.25. The van der Waals surface area contributed by atoms with Crippen molar-refractivity contribution in [2.45, 2.75) is 31.7 Å². The van der Waals surface area contributed by atoms with E-state index in [0.717, 1.165) is 4.68 Å². The second-order valence-electron chi connectivity index (χ2n) is 6.66. The zero-order chi connectivity index (χ0) is 20.6. The van der Waals surface area contributed by atoms with E-state index in [1.165, 1.54) is 0 Å². The summed E-state index contributed by atoms with van der Waals surface area (Å²) in [4.78, 5) is 36.4. The molecule has 3 rings (SSSR count). The maximum atomic E-state index is 13.0. The Hall–Kier alpha value is -3.55. The molecule has 0 saturated carbocycles. The first-order chi connectivity index (χ1) is 14.1. The van der Waals surface area contributed by atoms with Crippen molar-refractivity contribution in [3.05, 3.63) is 70.5 Å². The van der Waals surface area contributed by atoms with Crippen LogP contribution in [0.4, 0.5) is 0 Å². The number of carboxylic acids is 1. The van der Waals surface area contributed by atoms with Crippen LogP contribution >= 0.6 is 0 Å². The van der Waals surface area contributed by atoms with Crippen LogP contribution in [0, 0.1) is 0 Å². The van der Waals surface area contributed by atoms with Crippen molar-refractivity contribution < 1.29 is 14.7 Å². The molecule has 1 atom stereocenters. The van der Waals surface area contributed by atoms with Gasteiger partial charge in [0.05, 0.1) is 5.39 Å². The molecule has 3 aromatic rings. The Morgan fingerprint density at radius 2 is 1.72 bits per heavy atom. The number of nitrogens with one attached hydrogen (secondary N) is 1. The summed E-state index contributed by atoms with van der Waals surface area (Å²) in [7, 11) is 0. The van der Waals surface area contributed by atoms with Crippen molar-refractivity contribution in [1.82, 2.24) is 20.3 Å². The number of hydrogen-bond acceptors (Lipinski definition) is 5. The fourth-order valence-electron chi connectivity index (χ4n) is 3.10. The highest BCUT2D eigenvalue weighted by atomic mass is 16.4. The first kappa shape index (κ1) is 20.2. The van der Waals surface area contributed by atoms with Crippen molar-refractivity contribution in [2.75, 3.05) is 6.54 Å². The Kier molecular flexibility index (Phi) is 6.67. The monoisotopic (exact) mass is 394 g/mol. The Labute approximate surface area is 167 Å². The van der Waals surface area contributed by atoms with Crippen molar-refractivity contribution in [3.8, 4) is 0 Å². The minimum absolute atomic E-state index is 0.114. The van der Waals surface area contributed by atoms with Crippen LogP contribution in [0.3, 0.4) is 0 Å². The van der Waals surface area contributed by atoms with E-state index >= 15 is 0 Å². The molecule has 1 amide bonds. The van der Waals surface area contributed by atoms with Crippen molar-refractivity contribution in [2.24, 2.45) is 0 Å². The summed E-state index contributed by atoms with van der Waals surface area (Å²) in [5.41, 5.74) is 0.711. The van der Waals surface area contributed by atoms with Crippen LogP contribution in [0.25, 0.3) is 10.9 Å². The molecule has 0 radical (unpaired) electrons. The van der Waals surface area contributed by atoms with E-state index < -0.39 is 12.0 Å². The topological polar surface area (TPSA) is 114 Å². The lowest BCUT2D eigenvalue weighted by atomic mass is 10.1. The predicted molar refractivity (Wildman–Crippen MR) is 107 cm³/mol. The molecule has 0 aliphatic heterocycles. The highest BCUT2D eigenvalue weighted by Crippen LogP contribution is 2.17. The highest BCUT2D eigenvalue weighted by molar-refractivity contribution is 5.84. The Morgan fingerprint density at radius 1 is 1.00 bits per heavy atom. The lowest BCUT2D eigenvalue weighted by molar-refractivity contribution is -0.137. The molecule has 2 N–H and O–H groups in total. The van der Waals surface area contributed by atoms with Crippen LogP contribution < -0.4 is 10.9 Å². The number of rotatable bonds is 9. The molecule has 1 heterocycles. The molecule has 1 unspecified atom stereocenters. The van der Waals surface area contributed by atoms with Gasteiger partial charge < -0.3 is 10.4 Å². The molecular weight excluding hydrogens is 372 g/mol. The molecule has 8 heteroatoms. The normalized spacial score (nSPS) is 11.9. The summed E-state index contributed by atoms with van der Waals surface area (Å²) in [6.45, 7) is 0.386. The quantitative estimate of drug-likeness (QED) is 0.538. The van der Waals surface area contributed by atoms with E-state index in [1.54, 1.807) is 48.5 Å². The van der Waals surface area contributed by atoms with Crippen LogP contribution in [-0.4, -0.2) is 38.5 Å². The van der Waals surface area contributed by atoms with Gasteiger partial charge in [-0.3, -0.25) is 14.4 Å². The number of aromatic nitrogens is 3. The largest absolute Gasteiger partial charge is 0.481 e. The Morgan fingerprint density at radius 3 is 2.48 bits per heavy atom. The summed E-state index contributed by atoms with van der Waals surface area (Å²) in [5, 5.41) is 20.0. The lowest BCUT2D eigenvalue weighted by Gasteiger charge is -2.18. The number of nitrogens with zero attached hydrogens (tertiary/aromatic N) is 3. The molecule has 0 bridgehead atoms. The molecule has 150 valence electrons. The smallest absolute Gasteiger partial charge is 0.303 e. The predicted octanol–water partition coefficient (Wildman–Crippen LogP) is 2.14. The minimum Gasteiger partial charge on any atom is -0.481 e. The minimum atomic E-state index is -0.945. The summed E-state index contributed by atoms with van der Waals surface area (Å²) in [6.07, 6.45) is 2.02. The van der Waals surface area contributed by atoms with Gasteiger partial charge in [0.1, 0.15) is 5.52 Å². The average molecular weight is 394 g/mol. The number of unbranched alkanes of at least 4 members (excludes halogenated alkanes) is 2. The third kappa shape index (κ3) is 5.04. The van der Waals surface area contributed by atoms with Gasteiger partial charge in [-0.2, -0.15) is 4.68 Å². The van der Waals surface area contributed by atoms with Gasteiger partial charge in [0.2, 0.25) is 5.91 Å². The first-order valence-corrected chi connectivity index (χ1v) is 9.46. The van der Waals surface area contributed by atoms with Gasteiger partial charge in [-0.15, -0.1) is 5.10 Å². The lowest BCUT2D eigenvalue weighted by Crippen LogP contribution is -2.40. The molecule has 2 aromatic carbocycles. The molecule has 0 aliphatic rings. The van der Waals surface area contributed by atoms with Gasteiger partial charge in [0.25, 0.3) is 5.56 Å². The molecule has 0 spiro atoms. The number of carbonyl (C=O) groups excluding carboxylic acids is 1. The first-order valence-electron chi connectivity index (χ1n) is 9.46. The molecule has 8 nitrogen and oxygen atoms in total. The van der Waals surface area contributed by atoms with Gasteiger partial charge in [0, 0.05) is 13.0 Å². The van der Waals surface area contributed by atoms with Crippen LogP contribution in [0.15, 0.2) is 59.4 Å². The second kappa shape index (κ2) is 9.59. The maximum Gasteiger partial charge on any atom is 0.303 e. The van der Waals surface area contributed by atoms with Crippen LogP contribution in [-0.2, 0) is 9.59 Å². The van der Waals surface area contributed by atoms with Gasteiger partial charge >= 0.3 is 5.97 Å². The number of carbonyl (C=O) groups is 2. The van der Waals surface area contributed by atoms with Crippen molar-refractivity contribution in [1.29, 1.82) is 0 Å². The van der Waals surface area contributed by atoms with E-state index in [9.17, 15) is 14.4 Å². The third-order valence-electron chi connectivity index (χ3n) is 4.57. The number of benzene rings is 2. The molecule has 29 heavy (non-hydrogen) atoms. The Bertz CT molecular complexity index is 1050. The molecule has 1 aromatic heterocycles. The second-order valence-corrected chi connectivity index (χ2v) is 6.66. The molecule has 0 saturated heterocycles. The average Bonchev–Trinajstić information content (AvgIpc) is 2.73. The summed E-state index contributed by atoms with van der Waals surface area (Å²) in [6, 6.07) is 14.9. The van der Waals surface area contributed by atoms with E-state index in [4.69, 9.17) is 5.11 Å². The van der Waals surface area contributed by atoms with Gasteiger partial charge in [0.15, 0.2) is 6.04 Å². The van der Waals surface area contributed by atoms with E-state index in [1.807, 2.05) is 6.07 Å².